The Hall–Kier alpha value is -2.99. The van der Waals surface area contributed by atoms with Crippen molar-refractivity contribution >= 4 is 16.8 Å². The molecule has 1 unspecified atom stereocenters. The summed E-state index contributed by atoms with van der Waals surface area (Å²) in [6.07, 6.45) is 4.95. The number of hydrogen-bond acceptors (Lipinski definition) is 4. The van der Waals surface area contributed by atoms with Crippen molar-refractivity contribution in [3.8, 4) is 5.69 Å². The van der Waals surface area contributed by atoms with Crippen LogP contribution in [-0.2, 0) is 16.0 Å². The van der Waals surface area contributed by atoms with Gasteiger partial charge in [-0.2, -0.15) is 0 Å². The quantitative estimate of drug-likeness (QED) is 0.503. The highest BCUT2D eigenvalue weighted by Gasteiger charge is 2.32. The zero-order valence-corrected chi connectivity index (χ0v) is 19.8. The molecular weight excluding hydrogens is 414 g/mol. The second kappa shape index (κ2) is 10.3. The van der Waals surface area contributed by atoms with Gasteiger partial charge in [-0.3, -0.25) is 14.2 Å². The number of carbonyl (C=O) groups is 1. The lowest BCUT2D eigenvalue weighted by Crippen LogP contribution is -2.41. The normalized spacial score (nSPS) is 15.1. The number of aromatic nitrogens is 2. The summed E-state index contributed by atoms with van der Waals surface area (Å²) in [5.41, 5.74) is 2.49. The number of benzene rings is 2. The minimum Gasteiger partial charge on any atom is -0.383 e. The first-order valence-electron chi connectivity index (χ1n) is 12.0. The highest BCUT2D eigenvalue weighted by Crippen LogP contribution is 2.30. The second-order valence-electron chi connectivity index (χ2n) is 8.83. The number of aryl methyl sites for hydroxylation is 1. The third-order valence-corrected chi connectivity index (χ3v) is 6.77. The fourth-order valence-electron chi connectivity index (χ4n) is 4.79. The first-order chi connectivity index (χ1) is 16.0. The van der Waals surface area contributed by atoms with E-state index in [2.05, 4.69) is 6.92 Å². The van der Waals surface area contributed by atoms with Crippen LogP contribution < -0.4 is 5.56 Å². The van der Waals surface area contributed by atoms with E-state index in [9.17, 15) is 9.59 Å². The summed E-state index contributed by atoms with van der Waals surface area (Å²) in [4.78, 5) is 33.9. The van der Waals surface area contributed by atoms with Gasteiger partial charge in [-0.15, -0.1) is 0 Å². The summed E-state index contributed by atoms with van der Waals surface area (Å²) in [6.45, 7) is 4.97. The topological polar surface area (TPSA) is 64.4 Å². The van der Waals surface area contributed by atoms with Crippen molar-refractivity contribution in [2.75, 3.05) is 20.3 Å². The maximum absolute atomic E-state index is 13.7. The molecule has 33 heavy (non-hydrogen) atoms. The molecule has 4 rings (SSSR count). The van der Waals surface area contributed by atoms with E-state index in [1.807, 2.05) is 60.4 Å². The smallest absolute Gasteiger partial charge is 0.266 e. The van der Waals surface area contributed by atoms with E-state index in [-0.39, 0.29) is 23.4 Å². The number of amides is 1. The lowest BCUT2D eigenvalue weighted by Gasteiger charge is -2.32. The molecule has 1 atom stereocenters. The van der Waals surface area contributed by atoms with Crippen molar-refractivity contribution in [1.29, 1.82) is 0 Å². The van der Waals surface area contributed by atoms with E-state index in [0.717, 1.165) is 37.8 Å². The Morgan fingerprint density at radius 3 is 2.52 bits per heavy atom. The van der Waals surface area contributed by atoms with E-state index in [1.165, 1.54) is 5.56 Å². The Morgan fingerprint density at radius 1 is 1.15 bits per heavy atom. The van der Waals surface area contributed by atoms with Gasteiger partial charge in [0.25, 0.3) is 5.56 Å². The number of carbonyl (C=O) groups excluding carboxylic acids is 1. The van der Waals surface area contributed by atoms with Gasteiger partial charge >= 0.3 is 0 Å². The molecule has 0 bridgehead atoms. The SMILES string of the molecule is CCc1ccc(-n2c(C(C)N(CCOC)C(=O)C3CCCC3)nc3ccccc3c2=O)cc1. The zero-order valence-electron chi connectivity index (χ0n) is 19.8. The zero-order chi connectivity index (χ0) is 23.4. The molecule has 2 aromatic carbocycles. The molecule has 1 saturated carbocycles. The molecule has 1 fully saturated rings. The summed E-state index contributed by atoms with van der Waals surface area (Å²) in [6, 6.07) is 15.0. The van der Waals surface area contributed by atoms with E-state index in [1.54, 1.807) is 11.7 Å². The monoisotopic (exact) mass is 447 g/mol. The maximum atomic E-state index is 13.7. The molecule has 0 spiro atoms. The number of methoxy groups -OCH3 is 1. The molecule has 6 heteroatoms. The van der Waals surface area contributed by atoms with Crippen LogP contribution in [0.3, 0.4) is 0 Å². The van der Waals surface area contributed by atoms with Gasteiger partial charge < -0.3 is 9.64 Å². The number of ether oxygens (including phenoxy) is 1. The molecular formula is C27H33N3O3. The molecule has 1 aliphatic carbocycles. The maximum Gasteiger partial charge on any atom is 0.266 e. The fraction of sp³-hybridized carbons (Fsp3) is 0.444. The van der Waals surface area contributed by atoms with Crippen molar-refractivity contribution in [2.45, 2.75) is 52.0 Å². The van der Waals surface area contributed by atoms with Gasteiger partial charge in [-0.25, -0.2) is 4.98 Å². The van der Waals surface area contributed by atoms with Crippen LogP contribution in [0, 0.1) is 5.92 Å². The average Bonchev–Trinajstić information content (AvgIpc) is 3.39. The van der Waals surface area contributed by atoms with Crippen LogP contribution in [-0.4, -0.2) is 40.6 Å². The van der Waals surface area contributed by atoms with Crippen LogP contribution in [0.5, 0.6) is 0 Å². The minimum atomic E-state index is -0.378. The summed E-state index contributed by atoms with van der Waals surface area (Å²) in [7, 11) is 1.64. The van der Waals surface area contributed by atoms with Crippen LogP contribution in [0.1, 0.15) is 57.0 Å². The van der Waals surface area contributed by atoms with Crippen molar-refractivity contribution in [2.24, 2.45) is 5.92 Å². The number of nitrogens with zero attached hydrogens (tertiary/aromatic N) is 3. The fourth-order valence-corrected chi connectivity index (χ4v) is 4.79. The van der Waals surface area contributed by atoms with Gasteiger partial charge in [0.05, 0.1) is 29.2 Å². The van der Waals surface area contributed by atoms with Crippen LogP contribution in [0.2, 0.25) is 0 Å². The van der Waals surface area contributed by atoms with Gasteiger partial charge in [0, 0.05) is 19.6 Å². The first kappa shape index (κ1) is 23.2. The molecule has 0 radical (unpaired) electrons. The van der Waals surface area contributed by atoms with Crippen molar-refractivity contribution in [1.82, 2.24) is 14.5 Å². The first-order valence-corrected chi connectivity index (χ1v) is 12.0. The van der Waals surface area contributed by atoms with Crippen molar-refractivity contribution < 1.29 is 9.53 Å². The van der Waals surface area contributed by atoms with Gasteiger partial charge in [-0.1, -0.05) is 44.0 Å². The number of rotatable bonds is 8. The standard InChI is InChI=1S/C27H33N3O3/c1-4-20-13-15-22(16-14-20)30-25(28-24-12-8-7-11-23(24)27(30)32)19(2)29(17-18-33-3)26(31)21-9-5-6-10-21/h7-8,11-16,19,21H,4-6,9-10,17-18H2,1-3H3. The largest absolute Gasteiger partial charge is 0.383 e. The number of fused-ring (bicyclic) bond motifs is 1. The molecule has 3 aromatic rings. The molecule has 1 aromatic heterocycles. The van der Waals surface area contributed by atoms with Gasteiger partial charge in [0.1, 0.15) is 5.82 Å². The molecule has 1 aliphatic rings. The minimum absolute atomic E-state index is 0.0359. The average molecular weight is 448 g/mol. The summed E-state index contributed by atoms with van der Waals surface area (Å²) >= 11 is 0. The van der Waals surface area contributed by atoms with Gasteiger partial charge in [-0.05, 0) is 56.0 Å². The Kier molecular flexibility index (Phi) is 7.23. The van der Waals surface area contributed by atoms with E-state index >= 15 is 0 Å². The van der Waals surface area contributed by atoms with Gasteiger partial charge in [0.15, 0.2) is 0 Å². The Morgan fingerprint density at radius 2 is 1.85 bits per heavy atom. The van der Waals surface area contributed by atoms with Crippen LogP contribution in [0.25, 0.3) is 16.6 Å². The third kappa shape index (κ3) is 4.71. The number of hydrogen-bond donors (Lipinski definition) is 0. The van der Waals surface area contributed by atoms with E-state index < -0.39 is 0 Å². The summed E-state index contributed by atoms with van der Waals surface area (Å²) < 4.78 is 7.00. The predicted molar refractivity (Wildman–Crippen MR) is 131 cm³/mol. The highest BCUT2D eigenvalue weighted by atomic mass is 16.5. The van der Waals surface area contributed by atoms with Crippen LogP contribution in [0.15, 0.2) is 53.3 Å². The lowest BCUT2D eigenvalue weighted by molar-refractivity contribution is -0.138. The Labute approximate surface area is 195 Å². The highest BCUT2D eigenvalue weighted by molar-refractivity contribution is 5.80. The van der Waals surface area contributed by atoms with Crippen LogP contribution >= 0.6 is 0 Å². The van der Waals surface area contributed by atoms with E-state index in [4.69, 9.17) is 9.72 Å². The summed E-state index contributed by atoms with van der Waals surface area (Å²) in [5, 5.41) is 0.568. The molecule has 0 aliphatic heterocycles. The molecule has 6 nitrogen and oxygen atoms in total. The predicted octanol–water partition coefficient (Wildman–Crippen LogP) is 4.67. The lowest BCUT2D eigenvalue weighted by atomic mass is 10.0. The van der Waals surface area contributed by atoms with Crippen molar-refractivity contribution in [3.05, 3.63) is 70.3 Å². The Bertz CT molecular complexity index is 1160. The van der Waals surface area contributed by atoms with Crippen LogP contribution in [0.4, 0.5) is 0 Å². The molecule has 1 heterocycles. The van der Waals surface area contributed by atoms with E-state index in [0.29, 0.717) is 29.9 Å². The molecule has 0 saturated heterocycles. The molecule has 0 N–H and O–H groups in total. The Balaban J connectivity index is 1.85. The molecule has 1 amide bonds. The summed E-state index contributed by atoms with van der Waals surface area (Å²) in [5.74, 6) is 0.742. The number of para-hydroxylation sites is 1. The van der Waals surface area contributed by atoms with Crippen molar-refractivity contribution in [3.63, 3.8) is 0 Å². The third-order valence-electron chi connectivity index (χ3n) is 6.77. The van der Waals surface area contributed by atoms with Gasteiger partial charge in [0.2, 0.25) is 5.91 Å². The molecule has 174 valence electrons. The second-order valence-corrected chi connectivity index (χ2v) is 8.83.